The van der Waals surface area contributed by atoms with Gasteiger partial charge in [0.2, 0.25) is 5.91 Å². The molecule has 3 aromatic rings. The number of para-hydroxylation sites is 1. The van der Waals surface area contributed by atoms with Crippen molar-refractivity contribution in [2.75, 3.05) is 45.3 Å². The van der Waals surface area contributed by atoms with E-state index in [0.29, 0.717) is 43.4 Å². The topological polar surface area (TPSA) is 76.0 Å². The van der Waals surface area contributed by atoms with Crippen molar-refractivity contribution in [1.82, 2.24) is 14.8 Å². The van der Waals surface area contributed by atoms with Gasteiger partial charge in [0.1, 0.15) is 6.54 Å². The first-order valence-corrected chi connectivity index (χ1v) is 10.6. The van der Waals surface area contributed by atoms with Gasteiger partial charge >= 0.3 is 6.03 Å². The molecule has 0 spiro atoms. The Hall–Kier alpha value is -3.68. The van der Waals surface area contributed by atoms with E-state index < -0.39 is 0 Å². The highest BCUT2D eigenvalue weighted by atomic mass is 16.5. The lowest BCUT2D eigenvalue weighted by molar-refractivity contribution is -0.121. The average molecular weight is 437 g/mol. The number of hydrogen-bond donors (Lipinski definition) is 1. The molecule has 8 nitrogen and oxygen atoms in total. The number of urea groups is 1. The molecule has 168 valence electrons. The second-order valence-corrected chi connectivity index (χ2v) is 7.74. The Morgan fingerprint density at radius 2 is 1.81 bits per heavy atom. The molecule has 1 fully saturated rings. The maximum atomic E-state index is 12.8. The van der Waals surface area contributed by atoms with Crippen LogP contribution in [-0.4, -0.2) is 61.8 Å². The van der Waals surface area contributed by atoms with Gasteiger partial charge in [0.05, 0.1) is 14.2 Å². The van der Waals surface area contributed by atoms with Gasteiger partial charge in [-0.1, -0.05) is 18.2 Å². The van der Waals surface area contributed by atoms with Crippen molar-refractivity contribution in [1.29, 1.82) is 0 Å². The number of rotatable bonds is 8. The van der Waals surface area contributed by atoms with E-state index in [1.165, 1.54) is 5.39 Å². The summed E-state index contributed by atoms with van der Waals surface area (Å²) in [6.07, 6.45) is 0. The third kappa shape index (κ3) is 4.21. The van der Waals surface area contributed by atoms with Gasteiger partial charge in [0.15, 0.2) is 11.5 Å². The summed E-state index contributed by atoms with van der Waals surface area (Å²) in [5.41, 5.74) is 3.02. The summed E-state index contributed by atoms with van der Waals surface area (Å²) < 4.78 is 12.8. The van der Waals surface area contributed by atoms with Gasteiger partial charge < -0.3 is 24.3 Å². The fraction of sp³-hybridized carbons (Fsp3) is 0.333. The minimum atomic E-state index is -0.195. The summed E-state index contributed by atoms with van der Waals surface area (Å²) in [6, 6.07) is 15.5. The lowest BCUT2D eigenvalue weighted by Crippen LogP contribution is -2.40. The summed E-state index contributed by atoms with van der Waals surface area (Å²) in [6.45, 7) is 4.27. The number of hydrogen-bond acceptors (Lipinski definition) is 4. The Balaban J connectivity index is 1.32. The number of nitrogens with zero attached hydrogens (tertiary/aromatic N) is 3. The van der Waals surface area contributed by atoms with Gasteiger partial charge in [-0.25, -0.2) is 4.79 Å². The third-order valence-corrected chi connectivity index (χ3v) is 5.78. The number of methoxy groups -OCH3 is 2. The normalized spacial score (nSPS) is 13.7. The Morgan fingerprint density at radius 3 is 2.59 bits per heavy atom. The third-order valence-electron chi connectivity index (χ3n) is 5.78. The van der Waals surface area contributed by atoms with Crippen LogP contribution in [0.15, 0.2) is 48.5 Å². The monoisotopic (exact) mass is 436 g/mol. The van der Waals surface area contributed by atoms with Crippen LogP contribution < -0.4 is 19.7 Å². The molecule has 1 saturated heterocycles. The molecule has 0 atom stereocenters. The zero-order valence-corrected chi connectivity index (χ0v) is 18.6. The largest absolute Gasteiger partial charge is 0.493 e. The molecule has 2 heterocycles. The molecule has 3 amide bonds. The van der Waals surface area contributed by atoms with Crippen molar-refractivity contribution in [3.05, 3.63) is 54.2 Å². The van der Waals surface area contributed by atoms with E-state index in [4.69, 9.17) is 9.47 Å². The van der Waals surface area contributed by atoms with Crippen LogP contribution in [0.4, 0.5) is 10.5 Å². The fourth-order valence-electron chi connectivity index (χ4n) is 4.14. The molecule has 0 unspecified atom stereocenters. The molecule has 1 aliphatic heterocycles. The van der Waals surface area contributed by atoms with E-state index in [2.05, 4.69) is 35.0 Å². The molecular weight excluding hydrogens is 408 g/mol. The molecular formula is C24H28N4O4. The Labute approximate surface area is 187 Å². The van der Waals surface area contributed by atoms with Gasteiger partial charge in [-0.3, -0.25) is 9.69 Å². The number of aromatic nitrogens is 1. The van der Waals surface area contributed by atoms with E-state index >= 15 is 0 Å². The number of nitrogens with one attached hydrogen (secondary N) is 1. The van der Waals surface area contributed by atoms with Crippen LogP contribution in [0.2, 0.25) is 0 Å². The predicted molar refractivity (Wildman–Crippen MR) is 124 cm³/mol. The number of ether oxygens (including phenoxy) is 2. The highest BCUT2D eigenvalue weighted by Gasteiger charge is 2.31. The first kappa shape index (κ1) is 21.5. The van der Waals surface area contributed by atoms with Crippen LogP contribution in [0.1, 0.15) is 5.69 Å². The highest BCUT2D eigenvalue weighted by Crippen LogP contribution is 2.32. The number of carbonyl (C=O) groups is 2. The van der Waals surface area contributed by atoms with Crippen LogP contribution in [0, 0.1) is 6.92 Å². The van der Waals surface area contributed by atoms with E-state index in [0.717, 1.165) is 11.2 Å². The summed E-state index contributed by atoms with van der Waals surface area (Å²) >= 11 is 0. The van der Waals surface area contributed by atoms with Crippen molar-refractivity contribution in [2.45, 2.75) is 13.5 Å². The average Bonchev–Trinajstić information content (AvgIpc) is 3.32. The molecule has 0 bridgehead atoms. The molecule has 1 aliphatic rings. The van der Waals surface area contributed by atoms with Gasteiger partial charge in [-0.05, 0) is 36.6 Å². The first-order valence-electron chi connectivity index (χ1n) is 10.6. The molecule has 4 rings (SSSR count). The zero-order valence-electron chi connectivity index (χ0n) is 18.6. The lowest BCUT2D eigenvalue weighted by atomic mass is 10.2. The standard InChI is InChI=1S/C24H28N4O4/c1-17-14-18-6-4-5-7-20(18)27(17)11-10-25-23(29)16-26-12-13-28(24(26)30)19-8-9-21(31-2)22(15-19)32-3/h4-9,14-15H,10-13,16H2,1-3H3,(H,25,29). The summed E-state index contributed by atoms with van der Waals surface area (Å²) in [7, 11) is 3.13. The van der Waals surface area contributed by atoms with Crippen molar-refractivity contribution >= 4 is 28.5 Å². The number of carbonyl (C=O) groups excluding carboxylic acids is 2. The first-order chi connectivity index (χ1) is 15.5. The number of anilines is 1. The summed E-state index contributed by atoms with van der Waals surface area (Å²) in [5.74, 6) is 0.994. The second-order valence-electron chi connectivity index (χ2n) is 7.74. The molecule has 0 saturated carbocycles. The Kier molecular flexibility index (Phi) is 6.20. The summed E-state index contributed by atoms with van der Waals surface area (Å²) in [5, 5.41) is 4.13. The van der Waals surface area contributed by atoms with E-state index in [9.17, 15) is 9.59 Å². The van der Waals surface area contributed by atoms with Crippen LogP contribution in [-0.2, 0) is 11.3 Å². The van der Waals surface area contributed by atoms with E-state index in [-0.39, 0.29) is 18.5 Å². The minimum Gasteiger partial charge on any atom is -0.493 e. The van der Waals surface area contributed by atoms with Crippen LogP contribution in [0.25, 0.3) is 10.9 Å². The van der Waals surface area contributed by atoms with Gasteiger partial charge in [0, 0.05) is 49.1 Å². The number of aryl methyl sites for hydroxylation is 1. The SMILES string of the molecule is COc1ccc(N2CCN(CC(=O)NCCn3c(C)cc4ccccc43)C2=O)cc1OC. The van der Waals surface area contributed by atoms with Gasteiger partial charge in [-0.15, -0.1) is 0 Å². The van der Waals surface area contributed by atoms with E-state index in [1.807, 2.05) is 18.2 Å². The molecule has 8 heteroatoms. The molecule has 0 aliphatic carbocycles. The van der Waals surface area contributed by atoms with E-state index in [1.54, 1.807) is 36.2 Å². The van der Waals surface area contributed by atoms with Crippen LogP contribution in [0.5, 0.6) is 11.5 Å². The maximum Gasteiger partial charge on any atom is 0.325 e. The quantitative estimate of drug-likeness (QED) is 0.589. The molecule has 1 N–H and O–H groups in total. The Bertz CT molecular complexity index is 1140. The smallest absolute Gasteiger partial charge is 0.325 e. The number of fused-ring (bicyclic) bond motifs is 1. The zero-order chi connectivity index (χ0) is 22.7. The second kappa shape index (κ2) is 9.21. The molecule has 1 aromatic heterocycles. The van der Waals surface area contributed by atoms with Crippen LogP contribution in [0.3, 0.4) is 0 Å². The predicted octanol–water partition coefficient (Wildman–Crippen LogP) is 3.03. The van der Waals surface area contributed by atoms with Crippen molar-refractivity contribution in [2.24, 2.45) is 0 Å². The minimum absolute atomic E-state index is 0.0357. The highest BCUT2D eigenvalue weighted by molar-refractivity contribution is 5.96. The molecule has 32 heavy (non-hydrogen) atoms. The molecule has 0 radical (unpaired) electrons. The van der Waals surface area contributed by atoms with Gasteiger partial charge in [-0.2, -0.15) is 0 Å². The number of amides is 3. The Morgan fingerprint density at radius 1 is 1.03 bits per heavy atom. The lowest BCUT2D eigenvalue weighted by Gasteiger charge is -2.19. The summed E-state index contributed by atoms with van der Waals surface area (Å²) in [4.78, 5) is 28.5. The molecule has 2 aromatic carbocycles. The van der Waals surface area contributed by atoms with Crippen molar-refractivity contribution in [3.63, 3.8) is 0 Å². The van der Waals surface area contributed by atoms with Crippen molar-refractivity contribution in [3.8, 4) is 11.5 Å². The van der Waals surface area contributed by atoms with Gasteiger partial charge in [0.25, 0.3) is 0 Å². The van der Waals surface area contributed by atoms with Crippen molar-refractivity contribution < 1.29 is 19.1 Å². The fourth-order valence-corrected chi connectivity index (χ4v) is 4.14. The number of benzene rings is 2. The van der Waals surface area contributed by atoms with Crippen LogP contribution >= 0.6 is 0 Å². The maximum absolute atomic E-state index is 12.8.